The van der Waals surface area contributed by atoms with Gasteiger partial charge in [0.25, 0.3) is 0 Å². The number of carbonyl (C=O) groups is 1. The minimum atomic E-state index is -0.526. The first-order valence-corrected chi connectivity index (χ1v) is 10.7. The van der Waals surface area contributed by atoms with E-state index in [0.717, 1.165) is 29.9 Å². The number of rotatable bonds is 10. The Kier molecular flexibility index (Phi) is 8.26. The highest BCUT2D eigenvalue weighted by Gasteiger charge is 2.39. The summed E-state index contributed by atoms with van der Waals surface area (Å²) in [6, 6.07) is 18.4. The Morgan fingerprint density at radius 2 is 1.73 bits per heavy atom. The molecule has 2 aromatic carbocycles. The quantitative estimate of drug-likeness (QED) is 0.261. The molecule has 0 saturated carbocycles. The molecule has 140 valence electrons. The molecular weight excluding hydrogens is 358 g/mol. The summed E-state index contributed by atoms with van der Waals surface area (Å²) in [5.74, 6) is 2.16. The molecule has 2 aromatic rings. The van der Waals surface area contributed by atoms with Gasteiger partial charge in [-0.15, -0.1) is 11.8 Å². The molecule has 0 aliphatic rings. The molecule has 0 heterocycles. The molecule has 0 aliphatic heterocycles. The number of ketones is 1. The van der Waals surface area contributed by atoms with E-state index in [4.69, 9.17) is 0 Å². The number of thioether (sulfide) groups is 1. The van der Waals surface area contributed by atoms with Crippen molar-refractivity contribution in [3.8, 4) is 0 Å². The lowest BCUT2D eigenvalue weighted by Gasteiger charge is -2.38. The second kappa shape index (κ2) is 10.2. The molecular formula is C22H29NOS2. The predicted molar refractivity (Wildman–Crippen MR) is 117 cm³/mol. The molecule has 0 N–H and O–H groups in total. The molecule has 0 saturated heterocycles. The molecule has 2 rings (SSSR count). The minimum absolute atomic E-state index is 0.195. The third-order valence-electron chi connectivity index (χ3n) is 4.89. The number of nitrogens with zero attached hydrogens (tertiary/aromatic N) is 1. The molecule has 4 heteroatoms. The maximum Gasteiger partial charge on any atom is 0.183 e. The van der Waals surface area contributed by atoms with Gasteiger partial charge in [0.05, 0.1) is 5.54 Å². The Balaban J connectivity index is 2.23. The maximum absolute atomic E-state index is 13.5. The third-order valence-corrected chi connectivity index (χ3v) is 6.31. The first kappa shape index (κ1) is 21.1. The second-order valence-corrected chi connectivity index (χ2v) is 8.34. The molecule has 0 aromatic heterocycles. The van der Waals surface area contributed by atoms with Crippen LogP contribution < -0.4 is 0 Å². The van der Waals surface area contributed by atoms with Crippen LogP contribution in [0, 0.1) is 0 Å². The summed E-state index contributed by atoms with van der Waals surface area (Å²) >= 11 is 6.07. The van der Waals surface area contributed by atoms with Gasteiger partial charge in [0.15, 0.2) is 5.78 Å². The fourth-order valence-electron chi connectivity index (χ4n) is 3.20. The first-order valence-electron chi connectivity index (χ1n) is 9.13. The second-order valence-electron chi connectivity index (χ2n) is 6.72. The average molecular weight is 388 g/mol. The lowest BCUT2D eigenvalue weighted by Crippen LogP contribution is -2.52. The Bertz CT molecular complexity index is 685. The van der Waals surface area contributed by atoms with Crippen molar-refractivity contribution in [3.05, 3.63) is 65.7 Å². The molecule has 2 nitrogen and oxygen atoms in total. The van der Waals surface area contributed by atoms with Crippen LogP contribution in [-0.4, -0.2) is 41.8 Å². The van der Waals surface area contributed by atoms with Gasteiger partial charge in [-0.05, 0) is 62.6 Å². The van der Waals surface area contributed by atoms with Crippen LogP contribution in [-0.2, 0) is 6.42 Å². The smallest absolute Gasteiger partial charge is 0.183 e. The normalized spacial score (nSPS) is 13.6. The van der Waals surface area contributed by atoms with Crippen molar-refractivity contribution >= 4 is 30.2 Å². The van der Waals surface area contributed by atoms with Crippen LogP contribution in [0.5, 0.6) is 0 Å². The summed E-state index contributed by atoms with van der Waals surface area (Å²) in [4.78, 5) is 16.7. The van der Waals surface area contributed by atoms with E-state index in [9.17, 15) is 4.79 Å². The fourth-order valence-corrected chi connectivity index (χ4v) is 4.43. The van der Waals surface area contributed by atoms with Gasteiger partial charge in [-0.3, -0.25) is 9.69 Å². The largest absolute Gasteiger partial charge is 0.297 e. The molecule has 0 aliphatic carbocycles. The zero-order valence-electron chi connectivity index (χ0n) is 15.9. The monoisotopic (exact) mass is 387 g/mol. The van der Waals surface area contributed by atoms with Gasteiger partial charge >= 0.3 is 0 Å². The SMILES string of the molecule is CCC(Cc1ccccc1)(C(=O)c1ccc(SCCCS)cc1)N(C)C. The van der Waals surface area contributed by atoms with Crippen molar-refractivity contribution in [1.82, 2.24) is 4.90 Å². The summed E-state index contributed by atoms with van der Waals surface area (Å²) in [5, 5.41) is 0. The van der Waals surface area contributed by atoms with E-state index in [1.807, 2.05) is 56.2 Å². The topological polar surface area (TPSA) is 20.3 Å². The highest BCUT2D eigenvalue weighted by atomic mass is 32.2. The van der Waals surface area contributed by atoms with Crippen LogP contribution in [0.1, 0.15) is 35.7 Å². The number of hydrogen-bond donors (Lipinski definition) is 1. The van der Waals surface area contributed by atoms with Crippen LogP contribution in [0.15, 0.2) is 59.5 Å². The molecule has 0 fully saturated rings. The van der Waals surface area contributed by atoms with E-state index >= 15 is 0 Å². The van der Waals surface area contributed by atoms with E-state index < -0.39 is 5.54 Å². The van der Waals surface area contributed by atoms with Crippen molar-refractivity contribution in [2.24, 2.45) is 0 Å². The van der Waals surface area contributed by atoms with Crippen LogP contribution >= 0.6 is 24.4 Å². The van der Waals surface area contributed by atoms with E-state index in [1.165, 1.54) is 10.5 Å². The summed E-state index contributed by atoms with van der Waals surface area (Å²) in [6.07, 6.45) is 2.58. The van der Waals surface area contributed by atoms with Gasteiger partial charge in [0, 0.05) is 10.5 Å². The highest BCUT2D eigenvalue weighted by molar-refractivity contribution is 7.99. The van der Waals surface area contributed by atoms with Crippen LogP contribution in [0.25, 0.3) is 0 Å². The van der Waals surface area contributed by atoms with Gasteiger partial charge in [-0.25, -0.2) is 0 Å². The van der Waals surface area contributed by atoms with Crippen molar-refractivity contribution < 1.29 is 4.79 Å². The van der Waals surface area contributed by atoms with Crippen molar-refractivity contribution in [3.63, 3.8) is 0 Å². The van der Waals surface area contributed by atoms with Crippen LogP contribution in [0.2, 0.25) is 0 Å². The predicted octanol–water partition coefficient (Wildman–Crippen LogP) is 5.23. The van der Waals surface area contributed by atoms with E-state index in [-0.39, 0.29) is 5.78 Å². The lowest BCUT2D eigenvalue weighted by molar-refractivity contribution is 0.0666. The molecule has 0 bridgehead atoms. The maximum atomic E-state index is 13.5. The van der Waals surface area contributed by atoms with Crippen LogP contribution in [0.4, 0.5) is 0 Å². The number of hydrogen-bond acceptors (Lipinski definition) is 4. The zero-order chi connectivity index (χ0) is 19.0. The van der Waals surface area contributed by atoms with E-state index in [2.05, 4.69) is 48.7 Å². The summed E-state index contributed by atoms with van der Waals surface area (Å²) in [7, 11) is 4.01. The fraction of sp³-hybridized carbons (Fsp3) is 0.409. The van der Waals surface area contributed by atoms with Crippen LogP contribution in [0.3, 0.4) is 0 Å². The Labute approximate surface area is 167 Å². The highest BCUT2D eigenvalue weighted by Crippen LogP contribution is 2.29. The lowest BCUT2D eigenvalue weighted by atomic mass is 9.80. The first-order chi connectivity index (χ1) is 12.5. The number of benzene rings is 2. The molecule has 0 radical (unpaired) electrons. The molecule has 1 unspecified atom stereocenters. The summed E-state index contributed by atoms with van der Waals surface area (Å²) in [6.45, 7) is 2.10. The van der Waals surface area contributed by atoms with Gasteiger partial charge in [0.2, 0.25) is 0 Å². The molecule has 26 heavy (non-hydrogen) atoms. The van der Waals surface area contributed by atoms with Gasteiger partial charge < -0.3 is 0 Å². The zero-order valence-corrected chi connectivity index (χ0v) is 17.7. The molecule has 1 atom stereocenters. The Morgan fingerprint density at radius 3 is 2.27 bits per heavy atom. The molecule has 0 amide bonds. The minimum Gasteiger partial charge on any atom is -0.297 e. The van der Waals surface area contributed by atoms with Gasteiger partial charge in [-0.2, -0.15) is 12.6 Å². The number of thiol groups is 1. The van der Waals surface area contributed by atoms with E-state index in [1.54, 1.807) is 0 Å². The Hall–Kier alpha value is -1.23. The van der Waals surface area contributed by atoms with Gasteiger partial charge in [0.1, 0.15) is 0 Å². The number of Topliss-reactive ketones (excluding diaryl/α,β-unsaturated/α-hetero) is 1. The third kappa shape index (κ3) is 5.15. The number of likely N-dealkylation sites (N-methyl/N-ethyl adjacent to an activating group) is 1. The Morgan fingerprint density at radius 1 is 1.08 bits per heavy atom. The summed E-state index contributed by atoms with van der Waals surface area (Å²) in [5.41, 5.74) is 1.45. The van der Waals surface area contributed by atoms with Crippen molar-refractivity contribution in [2.45, 2.75) is 36.6 Å². The van der Waals surface area contributed by atoms with E-state index in [0.29, 0.717) is 6.42 Å². The standard InChI is InChI=1S/C22H29NOS2/c1-4-22(23(2)3,17-18-9-6-5-7-10-18)21(24)19-11-13-20(14-12-19)26-16-8-15-25/h5-7,9-14,25H,4,8,15-17H2,1-3H3. The van der Waals surface area contributed by atoms with Crippen molar-refractivity contribution in [1.29, 1.82) is 0 Å². The average Bonchev–Trinajstić information content (AvgIpc) is 2.67. The molecule has 0 spiro atoms. The number of carbonyl (C=O) groups excluding carboxylic acids is 1. The van der Waals surface area contributed by atoms with Gasteiger partial charge in [-0.1, -0.05) is 49.4 Å². The summed E-state index contributed by atoms with van der Waals surface area (Å²) < 4.78 is 0. The van der Waals surface area contributed by atoms with Crippen molar-refractivity contribution in [2.75, 3.05) is 25.6 Å².